The molecule has 1 saturated heterocycles. The molecule has 0 N–H and O–H groups in total. The molecular weight excluding hydrogens is 262 g/mol. The molecule has 0 radical (unpaired) electrons. The lowest BCUT2D eigenvalue weighted by molar-refractivity contribution is 0.0599. The molecular formula is C15H22ClNO2. The van der Waals surface area contributed by atoms with E-state index in [4.69, 9.17) is 16.0 Å². The second kappa shape index (κ2) is 6.00. The Hall–Kier alpha value is -0.960. The highest BCUT2D eigenvalue weighted by atomic mass is 35.5. The summed E-state index contributed by atoms with van der Waals surface area (Å²) in [6.07, 6.45) is 3.31. The van der Waals surface area contributed by atoms with Crippen LogP contribution < -0.4 is 0 Å². The minimum atomic E-state index is -0.0281. The van der Waals surface area contributed by atoms with Crippen molar-refractivity contribution in [2.75, 3.05) is 6.54 Å². The van der Waals surface area contributed by atoms with Crippen LogP contribution in [0.2, 0.25) is 5.22 Å². The van der Waals surface area contributed by atoms with E-state index in [0.717, 1.165) is 19.4 Å². The van der Waals surface area contributed by atoms with Crippen molar-refractivity contribution < 1.29 is 9.21 Å². The van der Waals surface area contributed by atoms with E-state index in [1.165, 1.54) is 6.42 Å². The minimum Gasteiger partial charge on any atom is -0.440 e. The van der Waals surface area contributed by atoms with Crippen LogP contribution in [0, 0.1) is 11.8 Å². The topological polar surface area (TPSA) is 33.5 Å². The second-order valence-electron chi connectivity index (χ2n) is 5.88. The number of halogens is 1. The number of hydrogen-bond acceptors (Lipinski definition) is 2. The number of likely N-dealkylation sites (tertiary alicyclic amines) is 1. The summed E-state index contributed by atoms with van der Waals surface area (Å²) in [5.74, 6) is 1.46. The third-order valence-electron chi connectivity index (χ3n) is 4.03. The van der Waals surface area contributed by atoms with Gasteiger partial charge in [-0.2, -0.15) is 0 Å². The van der Waals surface area contributed by atoms with Crippen LogP contribution in [0.4, 0.5) is 0 Å². The van der Waals surface area contributed by atoms with Gasteiger partial charge in [0.25, 0.3) is 5.91 Å². The zero-order valence-corrected chi connectivity index (χ0v) is 12.6. The quantitative estimate of drug-likeness (QED) is 0.814. The number of carbonyl (C=O) groups is 1. The van der Waals surface area contributed by atoms with Crippen molar-refractivity contribution in [1.29, 1.82) is 0 Å². The van der Waals surface area contributed by atoms with Crippen LogP contribution >= 0.6 is 11.6 Å². The fourth-order valence-corrected chi connectivity index (χ4v) is 2.94. The third-order valence-corrected chi connectivity index (χ3v) is 4.24. The van der Waals surface area contributed by atoms with E-state index in [1.807, 2.05) is 4.90 Å². The van der Waals surface area contributed by atoms with Gasteiger partial charge in [0.2, 0.25) is 0 Å². The summed E-state index contributed by atoms with van der Waals surface area (Å²) < 4.78 is 5.27. The summed E-state index contributed by atoms with van der Waals surface area (Å²) in [6.45, 7) is 7.42. The summed E-state index contributed by atoms with van der Waals surface area (Å²) >= 11 is 5.76. The average molecular weight is 284 g/mol. The Kier molecular flexibility index (Phi) is 4.56. The molecule has 1 aromatic rings. The molecule has 2 heterocycles. The standard InChI is InChI=1S/C15H22ClNO2/c1-10(2)12-5-4-11(3)8-9-17(12)15(18)13-6-7-14(16)19-13/h6-7,10-12H,4-5,8-9H2,1-3H3. The summed E-state index contributed by atoms with van der Waals surface area (Å²) in [5, 5.41) is 0.271. The van der Waals surface area contributed by atoms with Crippen LogP contribution in [0.15, 0.2) is 16.5 Å². The molecule has 2 unspecified atom stereocenters. The Morgan fingerprint density at radius 2 is 2.11 bits per heavy atom. The monoisotopic (exact) mass is 283 g/mol. The molecule has 1 amide bonds. The number of rotatable bonds is 2. The van der Waals surface area contributed by atoms with Gasteiger partial charge in [0, 0.05) is 12.6 Å². The lowest BCUT2D eigenvalue weighted by atomic mass is 9.95. The van der Waals surface area contributed by atoms with E-state index in [1.54, 1.807) is 12.1 Å². The van der Waals surface area contributed by atoms with Gasteiger partial charge >= 0.3 is 0 Å². The highest BCUT2D eigenvalue weighted by Gasteiger charge is 2.31. The molecule has 0 bridgehead atoms. The number of hydrogen-bond donors (Lipinski definition) is 0. The molecule has 1 aliphatic rings. The molecule has 19 heavy (non-hydrogen) atoms. The SMILES string of the molecule is CC1CCC(C(C)C)N(C(=O)c2ccc(Cl)o2)CC1. The van der Waals surface area contributed by atoms with Gasteiger partial charge < -0.3 is 9.32 Å². The highest BCUT2D eigenvalue weighted by Crippen LogP contribution is 2.28. The minimum absolute atomic E-state index is 0.0281. The van der Waals surface area contributed by atoms with E-state index < -0.39 is 0 Å². The van der Waals surface area contributed by atoms with Crippen LogP contribution in [0.5, 0.6) is 0 Å². The zero-order valence-electron chi connectivity index (χ0n) is 11.9. The molecule has 2 rings (SSSR count). The van der Waals surface area contributed by atoms with Crippen molar-refractivity contribution >= 4 is 17.5 Å². The van der Waals surface area contributed by atoms with E-state index >= 15 is 0 Å². The molecule has 1 fully saturated rings. The van der Waals surface area contributed by atoms with Crippen LogP contribution in [0.3, 0.4) is 0 Å². The van der Waals surface area contributed by atoms with E-state index in [2.05, 4.69) is 20.8 Å². The van der Waals surface area contributed by atoms with Gasteiger partial charge in [-0.25, -0.2) is 0 Å². The lowest BCUT2D eigenvalue weighted by Gasteiger charge is -2.32. The average Bonchev–Trinajstić information content (AvgIpc) is 2.68. The van der Waals surface area contributed by atoms with Crippen molar-refractivity contribution in [1.82, 2.24) is 4.90 Å². The first-order valence-corrected chi connectivity index (χ1v) is 7.43. The number of furan rings is 1. The van der Waals surface area contributed by atoms with E-state index in [9.17, 15) is 4.79 Å². The lowest BCUT2D eigenvalue weighted by Crippen LogP contribution is -2.42. The molecule has 2 atom stereocenters. The van der Waals surface area contributed by atoms with Gasteiger partial charge in [-0.1, -0.05) is 20.8 Å². The number of amides is 1. The third kappa shape index (κ3) is 3.33. The van der Waals surface area contributed by atoms with Gasteiger partial charge in [-0.15, -0.1) is 0 Å². The second-order valence-corrected chi connectivity index (χ2v) is 6.26. The first kappa shape index (κ1) is 14.4. The van der Waals surface area contributed by atoms with Crippen LogP contribution in [-0.2, 0) is 0 Å². The maximum absolute atomic E-state index is 12.6. The molecule has 0 spiro atoms. The van der Waals surface area contributed by atoms with Gasteiger partial charge in [-0.05, 0) is 54.8 Å². The fourth-order valence-electron chi connectivity index (χ4n) is 2.80. The van der Waals surface area contributed by atoms with Gasteiger partial charge in [0.15, 0.2) is 11.0 Å². The van der Waals surface area contributed by atoms with Crippen molar-refractivity contribution in [2.45, 2.75) is 46.1 Å². The Bertz CT molecular complexity index is 441. The Morgan fingerprint density at radius 1 is 1.37 bits per heavy atom. The molecule has 1 aromatic heterocycles. The zero-order chi connectivity index (χ0) is 14.0. The van der Waals surface area contributed by atoms with Crippen LogP contribution in [0.1, 0.15) is 50.6 Å². The molecule has 0 saturated carbocycles. The van der Waals surface area contributed by atoms with Crippen LogP contribution in [0.25, 0.3) is 0 Å². The van der Waals surface area contributed by atoms with Crippen molar-refractivity contribution in [2.24, 2.45) is 11.8 Å². The van der Waals surface area contributed by atoms with Crippen molar-refractivity contribution in [3.8, 4) is 0 Å². The molecule has 1 aliphatic heterocycles. The summed E-state index contributed by atoms with van der Waals surface area (Å²) in [5.41, 5.74) is 0. The van der Waals surface area contributed by atoms with Crippen LogP contribution in [-0.4, -0.2) is 23.4 Å². The predicted octanol–water partition coefficient (Wildman–Crippen LogP) is 4.22. The summed E-state index contributed by atoms with van der Waals surface area (Å²) in [4.78, 5) is 14.5. The molecule has 106 valence electrons. The van der Waals surface area contributed by atoms with Crippen molar-refractivity contribution in [3.05, 3.63) is 23.1 Å². The number of carbonyl (C=O) groups excluding carboxylic acids is 1. The smallest absolute Gasteiger partial charge is 0.289 e. The largest absolute Gasteiger partial charge is 0.440 e. The highest BCUT2D eigenvalue weighted by molar-refractivity contribution is 6.29. The van der Waals surface area contributed by atoms with Gasteiger partial charge in [0.1, 0.15) is 0 Å². The number of nitrogens with zero attached hydrogens (tertiary/aromatic N) is 1. The predicted molar refractivity (Wildman–Crippen MR) is 76.4 cm³/mol. The molecule has 0 aliphatic carbocycles. The first-order chi connectivity index (χ1) is 8.99. The molecule has 4 heteroatoms. The first-order valence-electron chi connectivity index (χ1n) is 7.05. The molecule has 0 aromatic carbocycles. The Labute approximate surface area is 119 Å². The fraction of sp³-hybridized carbons (Fsp3) is 0.667. The maximum Gasteiger partial charge on any atom is 0.289 e. The maximum atomic E-state index is 12.6. The van der Waals surface area contributed by atoms with E-state index in [0.29, 0.717) is 23.6 Å². The molecule has 3 nitrogen and oxygen atoms in total. The Morgan fingerprint density at radius 3 is 2.68 bits per heavy atom. The summed E-state index contributed by atoms with van der Waals surface area (Å²) in [6, 6.07) is 3.58. The van der Waals surface area contributed by atoms with Crippen molar-refractivity contribution in [3.63, 3.8) is 0 Å². The van der Waals surface area contributed by atoms with E-state index in [-0.39, 0.29) is 11.1 Å². The Balaban J connectivity index is 2.20. The van der Waals surface area contributed by atoms with Gasteiger partial charge in [-0.3, -0.25) is 4.79 Å². The summed E-state index contributed by atoms with van der Waals surface area (Å²) in [7, 11) is 0. The van der Waals surface area contributed by atoms with Gasteiger partial charge in [0.05, 0.1) is 0 Å². The normalized spacial score (nSPS) is 24.6.